The average Bonchev–Trinajstić information content (AvgIpc) is 2.69. The lowest BCUT2D eigenvalue weighted by Crippen LogP contribution is -1.88. The van der Waals surface area contributed by atoms with Crippen LogP contribution in [0.2, 0.25) is 0 Å². The van der Waals surface area contributed by atoms with Gasteiger partial charge in [-0.3, -0.25) is 4.98 Å². The first-order valence-corrected chi connectivity index (χ1v) is 8.11. The molecule has 0 saturated heterocycles. The van der Waals surface area contributed by atoms with Crippen molar-refractivity contribution in [3.05, 3.63) is 96.7 Å². The summed E-state index contributed by atoms with van der Waals surface area (Å²) in [4.78, 5) is 4.42. The monoisotopic (exact) mass is 322 g/mol. The Kier molecular flexibility index (Phi) is 4.87. The molecular weight excluding hydrogens is 304 g/mol. The van der Waals surface area contributed by atoms with E-state index in [-0.39, 0.29) is 0 Å². The number of pyridine rings is 1. The first kappa shape index (κ1) is 16.4. The molecule has 0 fully saturated rings. The largest absolute Gasteiger partial charge is 0.256 e. The molecule has 0 aliphatic carbocycles. The van der Waals surface area contributed by atoms with E-state index in [1.165, 1.54) is 0 Å². The molecule has 2 heteroatoms. The highest BCUT2D eigenvalue weighted by molar-refractivity contribution is 5.80. The second-order valence-electron chi connectivity index (χ2n) is 5.65. The third-order valence-electron chi connectivity index (χ3n) is 4.08. The average molecular weight is 322 g/mol. The third-order valence-corrected chi connectivity index (χ3v) is 4.08. The fraction of sp³-hybridized carbons (Fsp3) is 0.0435. The molecule has 1 aromatic heterocycles. The van der Waals surface area contributed by atoms with E-state index in [2.05, 4.69) is 35.8 Å². The van der Waals surface area contributed by atoms with E-state index < -0.39 is 0 Å². The molecule has 0 saturated carbocycles. The maximum atomic E-state index is 9.39. The predicted molar refractivity (Wildman–Crippen MR) is 104 cm³/mol. The zero-order valence-electron chi connectivity index (χ0n) is 14.1. The molecule has 3 rings (SSSR count). The summed E-state index contributed by atoms with van der Waals surface area (Å²) in [6, 6.07) is 22.2. The number of hydrogen-bond donors (Lipinski definition) is 0. The first-order chi connectivity index (χ1) is 12.2. The van der Waals surface area contributed by atoms with Gasteiger partial charge in [0, 0.05) is 11.8 Å². The summed E-state index contributed by atoms with van der Waals surface area (Å²) in [5.74, 6) is 0. The molecule has 0 atom stereocenters. The van der Waals surface area contributed by atoms with Crippen molar-refractivity contribution in [1.82, 2.24) is 4.98 Å². The lowest BCUT2D eigenvalue weighted by atomic mass is 9.95. The fourth-order valence-electron chi connectivity index (χ4n) is 2.82. The molecule has 2 nitrogen and oxygen atoms in total. The van der Waals surface area contributed by atoms with Gasteiger partial charge in [0.2, 0.25) is 0 Å². The summed E-state index contributed by atoms with van der Waals surface area (Å²) in [6.07, 6.45) is 5.60. The maximum absolute atomic E-state index is 9.39. The van der Waals surface area contributed by atoms with Crippen LogP contribution in [0.1, 0.15) is 18.1 Å². The van der Waals surface area contributed by atoms with Crippen LogP contribution < -0.4 is 0 Å². The van der Waals surface area contributed by atoms with Crippen LogP contribution in [0, 0.1) is 11.3 Å². The highest BCUT2D eigenvalue weighted by atomic mass is 14.7. The Bertz CT molecular complexity index is 976. The molecular formula is C23H18N2. The maximum Gasteiger partial charge on any atom is 0.0992 e. The summed E-state index contributed by atoms with van der Waals surface area (Å²) in [5, 5.41) is 9.39. The van der Waals surface area contributed by atoms with Crippen molar-refractivity contribution in [2.24, 2.45) is 0 Å². The van der Waals surface area contributed by atoms with Gasteiger partial charge in [-0.1, -0.05) is 43.0 Å². The van der Waals surface area contributed by atoms with Gasteiger partial charge in [-0.2, -0.15) is 5.26 Å². The molecule has 0 spiro atoms. The van der Waals surface area contributed by atoms with E-state index in [1.54, 1.807) is 6.20 Å². The normalized spacial score (nSPS) is 11.0. The Hall–Kier alpha value is -3.44. The summed E-state index contributed by atoms with van der Waals surface area (Å²) in [7, 11) is 0. The summed E-state index contributed by atoms with van der Waals surface area (Å²) < 4.78 is 0. The quantitative estimate of drug-likeness (QED) is 0.563. The van der Waals surface area contributed by atoms with Gasteiger partial charge in [0.25, 0.3) is 0 Å². The Morgan fingerprint density at radius 3 is 2.52 bits per heavy atom. The van der Waals surface area contributed by atoms with Gasteiger partial charge in [-0.05, 0) is 65.6 Å². The number of allylic oxidation sites excluding steroid dienone is 3. The van der Waals surface area contributed by atoms with E-state index in [0.717, 1.165) is 33.5 Å². The SMILES string of the molecule is C=C/C(=C\C)c1cc(C#N)cc(-c2cccc(-c3ccccn3)c2)c1. The predicted octanol–water partition coefficient (Wildman–Crippen LogP) is 5.88. The molecule has 0 aliphatic rings. The van der Waals surface area contributed by atoms with E-state index in [4.69, 9.17) is 0 Å². The van der Waals surface area contributed by atoms with Crippen molar-refractivity contribution in [1.29, 1.82) is 5.26 Å². The second kappa shape index (κ2) is 7.42. The van der Waals surface area contributed by atoms with Gasteiger partial charge >= 0.3 is 0 Å². The smallest absolute Gasteiger partial charge is 0.0992 e. The Labute approximate surface area is 148 Å². The first-order valence-electron chi connectivity index (χ1n) is 8.11. The van der Waals surface area contributed by atoms with Gasteiger partial charge in [0.1, 0.15) is 0 Å². The molecule has 0 aliphatic heterocycles. The molecule has 0 bridgehead atoms. The van der Waals surface area contributed by atoms with Crippen LogP contribution in [0.5, 0.6) is 0 Å². The molecule has 1 heterocycles. The van der Waals surface area contributed by atoms with Crippen LogP contribution in [0.4, 0.5) is 0 Å². The van der Waals surface area contributed by atoms with Crippen molar-refractivity contribution < 1.29 is 0 Å². The standard InChI is InChI=1S/C23H18N2/c1-3-18(4-2)21-12-17(16-24)13-22(15-21)19-8-7-9-20(14-19)23-10-5-6-11-25-23/h3-15H,1H2,2H3/b18-4+. The molecule has 0 N–H and O–H groups in total. The minimum absolute atomic E-state index is 0.636. The molecule has 2 aromatic carbocycles. The van der Waals surface area contributed by atoms with Crippen molar-refractivity contribution in [3.8, 4) is 28.5 Å². The van der Waals surface area contributed by atoms with Gasteiger partial charge in [-0.15, -0.1) is 0 Å². The van der Waals surface area contributed by atoms with E-state index >= 15 is 0 Å². The summed E-state index contributed by atoms with van der Waals surface area (Å²) in [5.41, 5.74) is 6.69. The summed E-state index contributed by atoms with van der Waals surface area (Å²) >= 11 is 0. The van der Waals surface area contributed by atoms with Crippen LogP contribution in [0.15, 0.2) is 85.6 Å². The Morgan fingerprint density at radius 1 is 1.00 bits per heavy atom. The minimum atomic E-state index is 0.636. The van der Waals surface area contributed by atoms with E-state index in [1.807, 2.05) is 61.5 Å². The number of hydrogen-bond acceptors (Lipinski definition) is 2. The van der Waals surface area contributed by atoms with Gasteiger partial charge in [-0.25, -0.2) is 0 Å². The number of nitriles is 1. The van der Waals surface area contributed by atoms with Gasteiger partial charge in [0.15, 0.2) is 0 Å². The number of benzene rings is 2. The topological polar surface area (TPSA) is 36.7 Å². The number of nitrogens with zero attached hydrogens (tertiary/aromatic N) is 2. The van der Waals surface area contributed by atoms with Crippen LogP contribution in [0.25, 0.3) is 28.0 Å². The van der Waals surface area contributed by atoms with Crippen molar-refractivity contribution >= 4 is 5.57 Å². The molecule has 25 heavy (non-hydrogen) atoms. The van der Waals surface area contributed by atoms with Gasteiger partial charge in [0.05, 0.1) is 17.3 Å². The molecule has 3 aromatic rings. The highest BCUT2D eigenvalue weighted by Gasteiger charge is 2.07. The van der Waals surface area contributed by atoms with E-state index in [9.17, 15) is 5.26 Å². The van der Waals surface area contributed by atoms with E-state index in [0.29, 0.717) is 5.56 Å². The van der Waals surface area contributed by atoms with Crippen LogP contribution >= 0.6 is 0 Å². The third kappa shape index (κ3) is 3.57. The zero-order valence-corrected chi connectivity index (χ0v) is 14.1. The summed E-state index contributed by atoms with van der Waals surface area (Å²) in [6.45, 7) is 5.83. The van der Waals surface area contributed by atoms with Gasteiger partial charge < -0.3 is 0 Å². The highest BCUT2D eigenvalue weighted by Crippen LogP contribution is 2.29. The number of rotatable bonds is 4. The molecule has 0 unspecified atom stereocenters. The van der Waals surface area contributed by atoms with Crippen LogP contribution in [0.3, 0.4) is 0 Å². The lowest BCUT2D eigenvalue weighted by Gasteiger charge is -2.09. The van der Waals surface area contributed by atoms with Crippen LogP contribution in [-0.2, 0) is 0 Å². The molecule has 0 amide bonds. The van der Waals surface area contributed by atoms with Crippen molar-refractivity contribution in [2.75, 3.05) is 0 Å². The molecule has 0 radical (unpaired) electrons. The van der Waals surface area contributed by atoms with Crippen LogP contribution in [-0.4, -0.2) is 4.98 Å². The Balaban J connectivity index is 2.12. The van der Waals surface area contributed by atoms with Crippen molar-refractivity contribution in [2.45, 2.75) is 6.92 Å². The van der Waals surface area contributed by atoms with Crippen molar-refractivity contribution in [3.63, 3.8) is 0 Å². The Morgan fingerprint density at radius 2 is 1.84 bits per heavy atom. The minimum Gasteiger partial charge on any atom is -0.256 e. The fourth-order valence-corrected chi connectivity index (χ4v) is 2.82. The molecule has 120 valence electrons. The lowest BCUT2D eigenvalue weighted by molar-refractivity contribution is 1.33. The zero-order chi connectivity index (χ0) is 17.6. The number of aromatic nitrogens is 1. The second-order valence-corrected chi connectivity index (χ2v) is 5.65.